The standard InChI is InChI=1S/C21H27N3O4S/c1-15(2)22-20-10-5-6-11-24(20)21(25)18-8-7-9-19(12-18)29(26,27)23-13-16(3)28-17(4)14-23/h5-12,15-17H,13-14H2,1-4H3. The van der Waals surface area contributed by atoms with Crippen LogP contribution in [0.1, 0.15) is 38.1 Å². The summed E-state index contributed by atoms with van der Waals surface area (Å²) in [6.07, 6.45) is 1.27. The number of nitrogens with zero attached hydrogens (tertiary/aromatic N) is 3. The zero-order valence-corrected chi connectivity index (χ0v) is 18.0. The number of carbonyl (C=O) groups is 1. The van der Waals surface area contributed by atoms with Crippen LogP contribution in [0.5, 0.6) is 0 Å². The van der Waals surface area contributed by atoms with Gasteiger partial charge in [0.15, 0.2) is 0 Å². The molecule has 1 fully saturated rings. The normalized spacial score (nSPS) is 21.5. The van der Waals surface area contributed by atoms with Crippen LogP contribution in [-0.4, -0.2) is 54.5 Å². The van der Waals surface area contributed by atoms with Crippen LogP contribution in [-0.2, 0) is 14.8 Å². The third kappa shape index (κ3) is 4.83. The minimum atomic E-state index is -3.73. The molecule has 8 heteroatoms. The maximum atomic E-state index is 13.1. The number of benzene rings is 1. The van der Waals surface area contributed by atoms with Crippen molar-refractivity contribution in [3.63, 3.8) is 0 Å². The van der Waals surface area contributed by atoms with E-state index in [0.717, 1.165) is 0 Å². The van der Waals surface area contributed by atoms with Crippen molar-refractivity contribution in [2.75, 3.05) is 13.1 Å². The van der Waals surface area contributed by atoms with E-state index in [0.29, 0.717) is 5.49 Å². The monoisotopic (exact) mass is 417 g/mol. The van der Waals surface area contributed by atoms with Gasteiger partial charge in [0, 0.05) is 30.9 Å². The Kier molecular flexibility index (Phi) is 6.36. The van der Waals surface area contributed by atoms with Crippen LogP contribution in [0.4, 0.5) is 0 Å². The van der Waals surface area contributed by atoms with Crippen molar-refractivity contribution < 1.29 is 17.9 Å². The predicted molar refractivity (Wildman–Crippen MR) is 110 cm³/mol. The molecule has 0 saturated carbocycles. The van der Waals surface area contributed by atoms with Gasteiger partial charge in [0.2, 0.25) is 10.0 Å². The molecular formula is C21H27N3O4S. The highest BCUT2D eigenvalue weighted by Gasteiger charge is 2.32. The Labute approximate surface area is 171 Å². The lowest BCUT2D eigenvalue weighted by Gasteiger charge is -2.34. The predicted octanol–water partition coefficient (Wildman–Crippen LogP) is 2.28. The summed E-state index contributed by atoms with van der Waals surface area (Å²) in [6, 6.07) is 11.5. The van der Waals surface area contributed by atoms with Gasteiger partial charge in [-0.1, -0.05) is 12.1 Å². The molecule has 1 aliphatic rings. The topological polar surface area (TPSA) is 81.0 Å². The highest BCUT2D eigenvalue weighted by atomic mass is 32.2. The lowest BCUT2D eigenvalue weighted by Crippen LogP contribution is -2.48. The second-order valence-corrected chi connectivity index (χ2v) is 9.50. The molecule has 2 unspecified atom stereocenters. The molecule has 0 bridgehead atoms. The zero-order valence-electron chi connectivity index (χ0n) is 17.1. The first-order valence-corrected chi connectivity index (χ1v) is 11.1. The molecule has 0 radical (unpaired) electrons. The van der Waals surface area contributed by atoms with Gasteiger partial charge in [-0.15, -0.1) is 0 Å². The molecule has 2 heterocycles. The lowest BCUT2D eigenvalue weighted by atomic mass is 10.2. The first-order valence-electron chi connectivity index (χ1n) is 9.70. The molecule has 1 saturated heterocycles. The van der Waals surface area contributed by atoms with Crippen LogP contribution >= 0.6 is 0 Å². The molecule has 7 nitrogen and oxygen atoms in total. The molecule has 29 heavy (non-hydrogen) atoms. The second-order valence-electron chi connectivity index (χ2n) is 7.56. The van der Waals surface area contributed by atoms with Crippen molar-refractivity contribution in [3.05, 3.63) is 59.7 Å². The molecule has 3 rings (SSSR count). The second kappa shape index (κ2) is 8.61. The Morgan fingerprint density at radius 1 is 1.10 bits per heavy atom. The molecule has 156 valence electrons. The van der Waals surface area contributed by atoms with Gasteiger partial charge in [-0.25, -0.2) is 8.42 Å². The van der Waals surface area contributed by atoms with Gasteiger partial charge < -0.3 is 4.74 Å². The van der Waals surface area contributed by atoms with E-state index >= 15 is 0 Å². The fourth-order valence-electron chi connectivity index (χ4n) is 3.38. The molecule has 1 aromatic carbocycles. The zero-order chi connectivity index (χ0) is 21.2. The van der Waals surface area contributed by atoms with Gasteiger partial charge in [-0.2, -0.15) is 4.31 Å². The average Bonchev–Trinajstić information content (AvgIpc) is 2.67. The largest absolute Gasteiger partial charge is 0.373 e. The number of carbonyl (C=O) groups excluding carboxylic acids is 1. The van der Waals surface area contributed by atoms with Crippen LogP contribution in [0.2, 0.25) is 0 Å². The number of aromatic nitrogens is 1. The van der Waals surface area contributed by atoms with Crippen molar-refractivity contribution >= 4 is 15.9 Å². The minimum absolute atomic E-state index is 0.0217. The van der Waals surface area contributed by atoms with Crippen molar-refractivity contribution in [1.82, 2.24) is 8.87 Å². The number of sulfonamides is 1. The maximum Gasteiger partial charge on any atom is 0.263 e. The molecule has 0 amide bonds. The molecule has 0 N–H and O–H groups in total. The van der Waals surface area contributed by atoms with Crippen LogP contribution < -0.4 is 5.49 Å². The van der Waals surface area contributed by atoms with Gasteiger partial charge in [-0.3, -0.25) is 14.4 Å². The van der Waals surface area contributed by atoms with E-state index in [9.17, 15) is 13.2 Å². The number of hydrogen-bond acceptors (Lipinski definition) is 5. The van der Waals surface area contributed by atoms with E-state index < -0.39 is 10.0 Å². The first kappa shape index (κ1) is 21.4. The number of hydrogen-bond donors (Lipinski definition) is 0. The van der Waals surface area contributed by atoms with Crippen molar-refractivity contribution in [3.8, 4) is 0 Å². The van der Waals surface area contributed by atoms with E-state index in [-0.39, 0.29) is 47.7 Å². The van der Waals surface area contributed by atoms with Crippen molar-refractivity contribution in [2.45, 2.75) is 50.8 Å². The van der Waals surface area contributed by atoms with Crippen LogP contribution in [0, 0.1) is 0 Å². The molecule has 0 aliphatic carbocycles. The average molecular weight is 418 g/mol. The smallest absolute Gasteiger partial charge is 0.263 e. The molecule has 0 spiro atoms. The van der Waals surface area contributed by atoms with Crippen molar-refractivity contribution in [1.29, 1.82) is 0 Å². The Morgan fingerprint density at radius 3 is 2.45 bits per heavy atom. The molecule has 2 atom stereocenters. The fraction of sp³-hybridized carbons (Fsp3) is 0.429. The van der Waals surface area contributed by atoms with Gasteiger partial charge in [0.1, 0.15) is 5.49 Å². The van der Waals surface area contributed by atoms with Crippen LogP contribution in [0.3, 0.4) is 0 Å². The summed E-state index contributed by atoms with van der Waals surface area (Å²) in [7, 11) is -3.73. The SMILES string of the molecule is CC(C)N=c1ccccn1C(=O)c1cccc(S(=O)(=O)N2CC(C)OC(C)C2)c1. The highest BCUT2D eigenvalue weighted by molar-refractivity contribution is 7.89. The molecule has 2 aromatic rings. The van der Waals surface area contributed by atoms with Crippen LogP contribution in [0.15, 0.2) is 58.5 Å². The Bertz CT molecular complexity index is 1050. The van der Waals surface area contributed by atoms with E-state index in [1.807, 2.05) is 33.8 Å². The van der Waals surface area contributed by atoms with Gasteiger partial charge in [0.05, 0.1) is 17.1 Å². The van der Waals surface area contributed by atoms with Gasteiger partial charge in [0.25, 0.3) is 5.91 Å². The molecule has 1 aromatic heterocycles. The van der Waals surface area contributed by atoms with Crippen LogP contribution in [0.25, 0.3) is 0 Å². The summed E-state index contributed by atoms with van der Waals surface area (Å²) in [5.41, 5.74) is 0.813. The van der Waals surface area contributed by atoms with E-state index in [1.54, 1.807) is 30.5 Å². The Hall–Kier alpha value is -2.29. The highest BCUT2D eigenvalue weighted by Crippen LogP contribution is 2.22. The summed E-state index contributed by atoms with van der Waals surface area (Å²) in [4.78, 5) is 17.7. The van der Waals surface area contributed by atoms with Gasteiger partial charge in [-0.05, 0) is 58.0 Å². The summed E-state index contributed by atoms with van der Waals surface area (Å²) < 4.78 is 34.8. The number of ether oxygens (including phenoxy) is 1. The fourth-order valence-corrected chi connectivity index (χ4v) is 5.02. The quantitative estimate of drug-likeness (QED) is 0.764. The van der Waals surface area contributed by atoms with Gasteiger partial charge >= 0.3 is 0 Å². The van der Waals surface area contributed by atoms with E-state index in [2.05, 4.69) is 4.99 Å². The summed E-state index contributed by atoms with van der Waals surface area (Å²) in [5, 5.41) is 0. The third-order valence-corrected chi connectivity index (χ3v) is 6.38. The summed E-state index contributed by atoms with van der Waals surface area (Å²) in [6.45, 7) is 8.14. The third-order valence-electron chi connectivity index (χ3n) is 4.55. The number of morpholine rings is 1. The maximum absolute atomic E-state index is 13.1. The van der Waals surface area contributed by atoms with E-state index in [4.69, 9.17) is 4.74 Å². The molecular weight excluding hydrogens is 390 g/mol. The molecule has 1 aliphatic heterocycles. The number of rotatable bonds is 4. The first-order chi connectivity index (χ1) is 13.7. The van der Waals surface area contributed by atoms with E-state index in [1.165, 1.54) is 21.0 Å². The number of pyridine rings is 1. The minimum Gasteiger partial charge on any atom is -0.373 e. The van der Waals surface area contributed by atoms with Crippen molar-refractivity contribution in [2.24, 2.45) is 4.99 Å². The summed E-state index contributed by atoms with van der Waals surface area (Å²) in [5.74, 6) is -0.328. The Balaban J connectivity index is 1.97. The Morgan fingerprint density at radius 2 is 1.79 bits per heavy atom. The lowest BCUT2D eigenvalue weighted by molar-refractivity contribution is -0.0440. The summed E-state index contributed by atoms with van der Waals surface area (Å²) >= 11 is 0.